The smallest absolute Gasteiger partial charge is 0.132 e. The standard InChI is InChI=1S/C37H70N4O/c1-6-30(42)16-18-35(2,3)34-14-13-32-31-12-11-28-27-29(15-19-36(28,4)33(31)17-20-37(32,34)5)41-26-10-25-40-23-8-7-22-39-24-9-21-38/h28-29,31-34,39-41H,6-27,38H2,1-5H3/t28-,29-,31?,32?,33?,34+,36-,37-/m0/s1. The summed E-state index contributed by atoms with van der Waals surface area (Å²) in [5.74, 6) is 4.95. The van der Waals surface area contributed by atoms with Gasteiger partial charge in [0.1, 0.15) is 5.78 Å². The summed E-state index contributed by atoms with van der Waals surface area (Å²) in [6.07, 6.45) is 20.3. The van der Waals surface area contributed by atoms with Gasteiger partial charge in [-0.2, -0.15) is 0 Å². The van der Waals surface area contributed by atoms with E-state index in [0.717, 1.165) is 94.2 Å². The van der Waals surface area contributed by atoms with E-state index in [9.17, 15) is 4.79 Å². The largest absolute Gasteiger partial charge is 0.330 e. The van der Waals surface area contributed by atoms with Crippen molar-refractivity contribution in [3.8, 4) is 0 Å². The van der Waals surface area contributed by atoms with Gasteiger partial charge in [-0.1, -0.05) is 34.6 Å². The van der Waals surface area contributed by atoms with E-state index in [1.807, 2.05) is 6.92 Å². The highest BCUT2D eigenvalue weighted by atomic mass is 16.1. The number of nitrogens with two attached hydrogens (primary N) is 1. The Hall–Kier alpha value is -0.490. The highest BCUT2D eigenvalue weighted by Crippen LogP contribution is 2.69. The third-order valence-corrected chi connectivity index (χ3v) is 13.5. The fourth-order valence-corrected chi connectivity index (χ4v) is 11.0. The highest BCUT2D eigenvalue weighted by molar-refractivity contribution is 5.77. The number of carbonyl (C=O) groups excluding carboxylic acids is 1. The van der Waals surface area contributed by atoms with Crippen LogP contribution >= 0.6 is 0 Å². The van der Waals surface area contributed by atoms with Gasteiger partial charge in [0.25, 0.3) is 0 Å². The van der Waals surface area contributed by atoms with Crippen molar-refractivity contribution in [3.63, 3.8) is 0 Å². The van der Waals surface area contributed by atoms with Gasteiger partial charge in [0.15, 0.2) is 0 Å². The van der Waals surface area contributed by atoms with Gasteiger partial charge in [-0.3, -0.25) is 4.79 Å². The number of rotatable bonds is 18. The monoisotopic (exact) mass is 587 g/mol. The Morgan fingerprint density at radius 1 is 0.810 bits per heavy atom. The molecule has 244 valence electrons. The number of nitrogens with one attached hydrogen (secondary N) is 3. The summed E-state index contributed by atoms with van der Waals surface area (Å²) in [6.45, 7) is 18.8. The summed E-state index contributed by atoms with van der Waals surface area (Å²) in [5, 5.41) is 11.1. The van der Waals surface area contributed by atoms with Crippen molar-refractivity contribution in [1.29, 1.82) is 0 Å². The van der Waals surface area contributed by atoms with E-state index in [4.69, 9.17) is 5.73 Å². The van der Waals surface area contributed by atoms with Gasteiger partial charge in [-0.25, -0.2) is 0 Å². The van der Waals surface area contributed by atoms with E-state index in [1.165, 1.54) is 77.0 Å². The lowest BCUT2D eigenvalue weighted by atomic mass is 9.43. The predicted octanol–water partition coefficient (Wildman–Crippen LogP) is 7.09. The number of hydrogen-bond donors (Lipinski definition) is 4. The summed E-state index contributed by atoms with van der Waals surface area (Å²) >= 11 is 0. The lowest BCUT2D eigenvalue weighted by molar-refractivity contribution is -0.125. The first-order chi connectivity index (χ1) is 20.2. The number of ketones is 1. The fourth-order valence-electron chi connectivity index (χ4n) is 11.0. The van der Waals surface area contributed by atoms with E-state index in [1.54, 1.807) is 0 Å². The molecule has 4 rings (SSSR count). The Labute approximate surface area is 260 Å². The molecule has 0 aromatic rings. The van der Waals surface area contributed by atoms with Crippen molar-refractivity contribution in [2.24, 2.45) is 51.6 Å². The van der Waals surface area contributed by atoms with E-state index in [-0.39, 0.29) is 5.41 Å². The van der Waals surface area contributed by atoms with Gasteiger partial charge in [-0.05, 0) is 175 Å². The van der Waals surface area contributed by atoms with Crippen LogP contribution < -0.4 is 21.7 Å². The van der Waals surface area contributed by atoms with Gasteiger partial charge in [0.2, 0.25) is 0 Å². The molecule has 3 unspecified atom stereocenters. The summed E-state index contributed by atoms with van der Waals surface area (Å²) < 4.78 is 0. The van der Waals surface area contributed by atoms with E-state index < -0.39 is 0 Å². The molecule has 4 aliphatic carbocycles. The highest BCUT2D eigenvalue weighted by Gasteiger charge is 2.61. The van der Waals surface area contributed by atoms with Crippen molar-refractivity contribution < 1.29 is 4.79 Å². The van der Waals surface area contributed by atoms with Gasteiger partial charge >= 0.3 is 0 Å². The van der Waals surface area contributed by atoms with Crippen molar-refractivity contribution in [1.82, 2.24) is 16.0 Å². The average Bonchev–Trinajstić information content (AvgIpc) is 3.34. The lowest BCUT2D eigenvalue weighted by Gasteiger charge is -2.62. The molecule has 0 amide bonds. The maximum atomic E-state index is 12.2. The normalized spacial score (nSPS) is 36.3. The number of carbonyl (C=O) groups is 1. The molecule has 5 N–H and O–H groups in total. The van der Waals surface area contributed by atoms with Crippen LogP contribution in [0.25, 0.3) is 0 Å². The first kappa shape index (κ1) is 34.4. The molecule has 0 saturated heterocycles. The molecule has 4 aliphatic rings. The van der Waals surface area contributed by atoms with Crippen LogP contribution in [0.1, 0.15) is 137 Å². The zero-order valence-electron chi connectivity index (χ0n) is 28.5. The van der Waals surface area contributed by atoms with Crippen LogP contribution in [0.3, 0.4) is 0 Å². The third kappa shape index (κ3) is 8.01. The van der Waals surface area contributed by atoms with E-state index in [0.29, 0.717) is 23.0 Å². The molecule has 4 saturated carbocycles. The molecule has 8 atom stereocenters. The number of unbranched alkanes of at least 4 members (excludes halogenated alkanes) is 1. The van der Waals surface area contributed by atoms with Crippen LogP contribution in [0.5, 0.6) is 0 Å². The summed E-state index contributed by atoms with van der Waals surface area (Å²) in [6, 6.07) is 0.732. The van der Waals surface area contributed by atoms with Crippen LogP contribution in [-0.2, 0) is 4.79 Å². The van der Waals surface area contributed by atoms with Gasteiger partial charge in [0.05, 0.1) is 0 Å². The Kier molecular flexibility index (Phi) is 12.8. The van der Waals surface area contributed by atoms with Gasteiger partial charge in [-0.15, -0.1) is 0 Å². The molecule has 0 aromatic heterocycles. The minimum absolute atomic E-state index is 0.281. The molecule has 5 nitrogen and oxygen atoms in total. The van der Waals surface area contributed by atoms with E-state index in [2.05, 4.69) is 43.6 Å². The summed E-state index contributed by atoms with van der Waals surface area (Å²) in [5.41, 5.74) is 6.87. The fraction of sp³-hybridized carbons (Fsp3) is 0.973. The Morgan fingerprint density at radius 3 is 2.19 bits per heavy atom. The second-order valence-corrected chi connectivity index (χ2v) is 16.3. The molecule has 0 aliphatic heterocycles. The van der Waals surface area contributed by atoms with Crippen LogP contribution in [-0.4, -0.2) is 51.1 Å². The van der Waals surface area contributed by atoms with Crippen molar-refractivity contribution >= 4 is 5.78 Å². The molecule has 4 fully saturated rings. The van der Waals surface area contributed by atoms with Crippen molar-refractivity contribution in [2.75, 3.05) is 39.3 Å². The molecule has 0 heterocycles. The predicted molar refractivity (Wildman–Crippen MR) is 179 cm³/mol. The van der Waals surface area contributed by atoms with E-state index >= 15 is 0 Å². The number of fused-ring (bicyclic) bond motifs is 5. The molecular formula is C37H70N4O. The second kappa shape index (κ2) is 15.7. The van der Waals surface area contributed by atoms with Crippen LogP contribution in [0.4, 0.5) is 0 Å². The van der Waals surface area contributed by atoms with Crippen LogP contribution in [0.2, 0.25) is 0 Å². The van der Waals surface area contributed by atoms with Crippen molar-refractivity contribution in [3.05, 3.63) is 0 Å². The zero-order chi connectivity index (χ0) is 30.2. The van der Waals surface area contributed by atoms with Crippen LogP contribution in [0, 0.1) is 45.8 Å². The average molecular weight is 587 g/mol. The zero-order valence-corrected chi connectivity index (χ0v) is 28.5. The minimum atomic E-state index is 0.281. The SMILES string of the molecule is CCC(=O)CCC(C)(C)[C@H]1CCC2C3CC[C@H]4C[C@@H](NCCCNCCCCNCCCN)CC[C@]4(C)C3CC[C@@]21C. The summed E-state index contributed by atoms with van der Waals surface area (Å²) in [7, 11) is 0. The first-order valence-corrected chi connectivity index (χ1v) is 18.5. The van der Waals surface area contributed by atoms with Gasteiger partial charge < -0.3 is 21.7 Å². The Bertz CT molecular complexity index is 831. The van der Waals surface area contributed by atoms with Crippen LogP contribution in [0.15, 0.2) is 0 Å². The number of hydrogen-bond acceptors (Lipinski definition) is 5. The quantitative estimate of drug-likeness (QED) is 0.129. The topological polar surface area (TPSA) is 79.2 Å². The second-order valence-electron chi connectivity index (χ2n) is 16.3. The molecule has 0 aromatic carbocycles. The number of Topliss-reactive ketones (excluding diaryl/α,β-unsaturated/α-hetero) is 1. The maximum absolute atomic E-state index is 12.2. The third-order valence-electron chi connectivity index (χ3n) is 13.5. The Morgan fingerprint density at radius 2 is 1.48 bits per heavy atom. The molecular weight excluding hydrogens is 516 g/mol. The first-order valence-electron chi connectivity index (χ1n) is 18.5. The molecule has 0 bridgehead atoms. The molecule has 0 radical (unpaired) electrons. The summed E-state index contributed by atoms with van der Waals surface area (Å²) in [4.78, 5) is 12.2. The maximum Gasteiger partial charge on any atom is 0.132 e. The molecule has 5 heteroatoms. The van der Waals surface area contributed by atoms with Crippen molar-refractivity contribution in [2.45, 2.75) is 143 Å². The molecule has 42 heavy (non-hydrogen) atoms. The van der Waals surface area contributed by atoms with Gasteiger partial charge in [0, 0.05) is 18.9 Å². The molecule has 0 spiro atoms. The minimum Gasteiger partial charge on any atom is -0.330 e. The lowest BCUT2D eigenvalue weighted by Crippen LogP contribution is -2.55. The Balaban J connectivity index is 1.19.